The third-order valence-corrected chi connectivity index (χ3v) is 5.03. The van der Waals surface area contributed by atoms with Crippen molar-refractivity contribution < 1.29 is 4.79 Å². The largest absolute Gasteiger partial charge is 0.342 e. The van der Waals surface area contributed by atoms with E-state index in [1.54, 1.807) is 6.20 Å². The van der Waals surface area contributed by atoms with Crippen molar-refractivity contribution in [2.75, 3.05) is 33.7 Å². The van der Waals surface area contributed by atoms with Crippen molar-refractivity contribution in [2.24, 2.45) is 0 Å². The van der Waals surface area contributed by atoms with Gasteiger partial charge < -0.3 is 14.4 Å². The molecule has 140 valence electrons. The number of rotatable bonds is 7. The Morgan fingerprint density at radius 2 is 2.23 bits per heavy atom. The number of carbonyl (C=O) groups is 1. The molecule has 3 rings (SSSR count). The molecule has 1 fully saturated rings. The maximum atomic E-state index is 12.7. The second kappa shape index (κ2) is 8.94. The highest BCUT2D eigenvalue weighted by atomic mass is 16.2. The summed E-state index contributed by atoms with van der Waals surface area (Å²) in [4.78, 5) is 25.6. The minimum Gasteiger partial charge on any atom is -0.342 e. The number of likely N-dealkylation sites (N-methyl/N-ethyl adjacent to an activating group) is 1. The first kappa shape index (κ1) is 18.6. The third-order valence-electron chi connectivity index (χ3n) is 5.03. The zero-order valence-electron chi connectivity index (χ0n) is 15.8. The summed E-state index contributed by atoms with van der Waals surface area (Å²) in [5.74, 6) is 1.70. The Bertz CT molecular complexity index is 697. The van der Waals surface area contributed by atoms with Crippen molar-refractivity contribution in [1.29, 1.82) is 0 Å². The summed E-state index contributed by atoms with van der Waals surface area (Å²) in [6.07, 6.45) is 11.0. The average molecular weight is 355 g/mol. The summed E-state index contributed by atoms with van der Waals surface area (Å²) in [7, 11) is 4.17. The molecule has 1 atom stereocenters. The predicted molar refractivity (Wildman–Crippen MR) is 102 cm³/mol. The van der Waals surface area contributed by atoms with Gasteiger partial charge in [-0.05, 0) is 45.0 Å². The van der Waals surface area contributed by atoms with E-state index in [9.17, 15) is 4.79 Å². The van der Waals surface area contributed by atoms with Crippen LogP contribution >= 0.6 is 0 Å². The van der Waals surface area contributed by atoms with Gasteiger partial charge in [-0.3, -0.25) is 9.78 Å². The molecule has 0 radical (unpaired) electrons. The third kappa shape index (κ3) is 4.91. The fourth-order valence-electron chi connectivity index (χ4n) is 3.55. The van der Waals surface area contributed by atoms with Crippen LogP contribution in [0.5, 0.6) is 0 Å². The highest BCUT2D eigenvalue weighted by Gasteiger charge is 2.27. The maximum absolute atomic E-state index is 12.7. The molecule has 0 N–H and O–H groups in total. The van der Waals surface area contributed by atoms with Crippen molar-refractivity contribution in [3.05, 3.63) is 48.3 Å². The van der Waals surface area contributed by atoms with Gasteiger partial charge in [0.25, 0.3) is 0 Å². The molecule has 2 aromatic rings. The van der Waals surface area contributed by atoms with Crippen LogP contribution in [0.25, 0.3) is 0 Å². The van der Waals surface area contributed by atoms with Gasteiger partial charge in [-0.15, -0.1) is 0 Å². The van der Waals surface area contributed by atoms with Crippen LogP contribution in [0.15, 0.2) is 36.9 Å². The van der Waals surface area contributed by atoms with E-state index in [1.807, 2.05) is 29.4 Å². The van der Waals surface area contributed by atoms with Crippen LogP contribution in [-0.4, -0.2) is 64.0 Å². The van der Waals surface area contributed by atoms with Crippen molar-refractivity contribution in [3.63, 3.8) is 0 Å². The second-order valence-electron chi connectivity index (χ2n) is 7.32. The van der Waals surface area contributed by atoms with E-state index in [0.29, 0.717) is 12.3 Å². The summed E-state index contributed by atoms with van der Waals surface area (Å²) < 4.78 is 2.24. The van der Waals surface area contributed by atoms with Crippen LogP contribution in [0.2, 0.25) is 0 Å². The Morgan fingerprint density at radius 1 is 1.35 bits per heavy atom. The predicted octanol–water partition coefficient (Wildman–Crippen LogP) is 2.18. The molecule has 0 saturated carbocycles. The topological polar surface area (TPSA) is 54.3 Å². The lowest BCUT2D eigenvalue weighted by Crippen LogP contribution is -2.40. The molecule has 1 saturated heterocycles. The zero-order chi connectivity index (χ0) is 18.4. The van der Waals surface area contributed by atoms with Crippen molar-refractivity contribution in [1.82, 2.24) is 24.3 Å². The number of nitrogens with zero attached hydrogens (tertiary/aromatic N) is 5. The number of aromatic nitrogens is 3. The standard InChI is InChI=1S/C20H29N5O/c1-23(2)13-14-24-12-10-22-20(24)18-6-4-11-25(16-18)19(26)8-7-17-5-3-9-21-15-17/h3,5,9-10,12,15,18H,4,6-8,11,13-14,16H2,1-2H3/t18-/m1/s1. The normalized spacial score (nSPS) is 17.7. The van der Waals surface area contributed by atoms with Crippen LogP contribution in [0, 0.1) is 0 Å². The van der Waals surface area contributed by atoms with E-state index in [1.165, 1.54) is 0 Å². The Morgan fingerprint density at radius 3 is 3.00 bits per heavy atom. The van der Waals surface area contributed by atoms with Crippen LogP contribution < -0.4 is 0 Å². The van der Waals surface area contributed by atoms with Crippen LogP contribution in [-0.2, 0) is 17.8 Å². The molecule has 1 aliphatic rings. The Hall–Kier alpha value is -2.21. The number of hydrogen-bond donors (Lipinski definition) is 0. The smallest absolute Gasteiger partial charge is 0.222 e. The molecular weight excluding hydrogens is 326 g/mol. The van der Waals surface area contributed by atoms with Gasteiger partial charge in [0.05, 0.1) is 0 Å². The molecule has 3 heterocycles. The van der Waals surface area contributed by atoms with Gasteiger partial charge in [0.2, 0.25) is 5.91 Å². The number of pyridine rings is 1. The Labute approximate surface area is 155 Å². The molecule has 1 amide bonds. The molecule has 26 heavy (non-hydrogen) atoms. The lowest BCUT2D eigenvalue weighted by atomic mass is 9.96. The number of carbonyl (C=O) groups excluding carboxylic acids is 1. The Balaban J connectivity index is 1.57. The van der Waals surface area contributed by atoms with E-state index in [0.717, 1.165) is 56.8 Å². The molecule has 0 bridgehead atoms. The van der Waals surface area contributed by atoms with Gasteiger partial charge in [-0.2, -0.15) is 0 Å². The molecule has 0 unspecified atom stereocenters. The van der Waals surface area contributed by atoms with E-state index >= 15 is 0 Å². The van der Waals surface area contributed by atoms with Crippen LogP contribution in [0.4, 0.5) is 0 Å². The van der Waals surface area contributed by atoms with Gasteiger partial charge in [-0.1, -0.05) is 6.07 Å². The van der Waals surface area contributed by atoms with E-state index in [-0.39, 0.29) is 5.91 Å². The van der Waals surface area contributed by atoms with Gasteiger partial charge in [-0.25, -0.2) is 4.98 Å². The molecule has 0 aromatic carbocycles. The van der Waals surface area contributed by atoms with Gasteiger partial charge in [0.15, 0.2) is 0 Å². The highest BCUT2D eigenvalue weighted by molar-refractivity contribution is 5.76. The lowest BCUT2D eigenvalue weighted by Gasteiger charge is -2.33. The van der Waals surface area contributed by atoms with Gasteiger partial charge in [0, 0.05) is 63.3 Å². The van der Waals surface area contributed by atoms with Crippen molar-refractivity contribution >= 4 is 5.91 Å². The molecular formula is C20H29N5O. The van der Waals surface area contributed by atoms with Crippen LogP contribution in [0.1, 0.15) is 36.6 Å². The number of hydrogen-bond acceptors (Lipinski definition) is 4. The molecule has 6 heteroatoms. The lowest BCUT2D eigenvalue weighted by molar-refractivity contribution is -0.132. The summed E-state index contributed by atoms with van der Waals surface area (Å²) in [5.41, 5.74) is 1.12. The summed E-state index contributed by atoms with van der Waals surface area (Å²) >= 11 is 0. The fourth-order valence-corrected chi connectivity index (χ4v) is 3.55. The fraction of sp³-hybridized carbons (Fsp3) is 0.550. The number of aryl methyl sites for hydroxylation is 1. The minimum absolute atomic E-state index is 0.241. The monoisotopic (exact) mass is 355 g/mol. The maximum Gasteiger partial charge on any atom is 0.222 e. The van der Waals surface area contributed by atoms with Crippen molar-refractivity contribution in [2.45, 2.75) is 38.1 Å². The SMILES string of the molecule is CN(C)CCn1ccnc1[C@@H]1CCCN(C(=O)CCc2cccnc2)C1. The van der Waals surface area contributed by atoms with Crippen molar-refractivity contribution in [3.8, 4) is 0 Å². The Kier molecular flexibility index (Phi) is 6.39. The number of likely N-dealkylation sites (tertiary alicyclic amines) is 1. The molecule has 1 aliphatic heterocycles. The minimum atomic E-state index is 0.241. The van der Waals surface area contributed by atoms with Crippen LogP contribution in [0.3, 0.4) is 0 Å². The summed E-state index contributed by atoms with van der Waals surface area (Å²) in [6, 6.07) is 3.95. The van der Waals surface area contributed by atoms with Gasteiger partial charge in [0.1, 0.15) is 5.82 Å². The summed E-state index contributed by atoms with van der Waals surface area (Å²) in [5, 5.41) is 0. The number of amides is 1. The van der Waals surface area contributed by atoms with Gasteiger partial charge >= 0.3 is 0 Å². The number of piperidine rings is 1. The first-order valence-corrected chi connectivity index (χ1v) is 9.46. The molecule has 6 nitrogen and oxygen atoms in total. The molecule has 0 aliphatic carbocycles. The zero-order valence-corrected chi connectivity index (χ0v) is 15.8. The highest BCUT2D eigenvalue weighted by Crippen LogP contribution is 2.26. The first-order valence-electron chi connectivity index (χ1n) is 9.46. The quantitative estimate of drug-likeness (QED) is 0.764. The summed E-state index contributed by atoms with van der Waals surface area (Å²) in [6.45, 7) is 3.57. The average Bonchev–Trinajstić information content (AvgIpc) is 3.14. The molecule has 0 spiro atoms. The van der Waals surface area contributed by atoms with E-state index < -0.39 is 0 Å². The molecule has 2 aromatic heterocycles. The van der Waals surface area contributed by atoms with E-state index in [4.69, 9.17) is 0 Å². The first-order chi connectivity index (χ1) is 12.6. The number of imidazole rings is 1. The second-order valence-corrected chi connectivity index (χ2v) is 7.32. The van der Waals surface area contributed by atoms with E-state index in [2.05, 4.69) is 39.7 Å².